The molecule has 0 spiro atoms. The molecule has 0 aliphatic carbocycles. The molecule has 0 aromatic heterocycles. The van der Waals surface area contributed by atoms with Crippen molar-refractivity contribution in [2.75, 3.05) is 39.6 Å². The van der Waals surface area contributed by atoms with E-state index in [2.05, 4.69) is 41.5 Å². The molecule has 0 saturated carbocycles. The Labute approximate surface area is 213 Å². The molecule has 0 bridgehead atoms. The van der Waals surface area contributed by atoms with Gasteiger partial charge in [-0.3, -0.25) is 0 Å². The Bertz CT molecular complexity index is 372. The van der Waals surface area contributed by atoms with Gasteiger partial charge in [-0.1, -0.05) is 80.1 Å². The summed E-state index contributed by atoms with van der Waals surface area (Å²) in [5.41, 5.74) is 4.04. The van der Waals surface area contributed by atoms with Gasteiger partial charge in [0.1, 0.15) is 0 Å². The number of unbranched alkanes of at least 4 members (excludes halogenated alkanes) is 6. The van der Waals surface area contributed by atoms with Crippen LogP contribution in [0.2, 0.25) is 0 Å². The summed E-state index contributed by atoms with van der Waals surface area (Å²) in [5, 5.41) is 0. The monoisotopic (exact) mass is 520 g/mol. The standard InChI is InChI=1S/C26H56O6Si2/c1-7-13-19-27-33(28-20-14-8-2,29-21-15-9-3)25-26-34(30-22-16-10-4,31-23-17-11-5)32-24-18-12-6/h25-26H,7-24H2,1-6H3. The van der Waals surface area contributed by atoms with E-state index in [1.807, 2.05) is 11.4 Å². The van der Waals surface area contributed by atoms with Crippen LogP contribution in [0.4, 0.5) is 0 Å². The highest BCUT2D eigenvalue weighted by Crippen LogP contribution is 2.21. The van der Waals surface area contributed by atoms with Crippen LogP contribution in [0.3, 0.4) is 0 Å². The smallest absolute Gasteiger partial charge is 0.370 e. The van der Waals surface area contributed by atoms with Crippen molar-refractivity contribution < 1.29 is 26.6 Å². The topological polar surface area (TPSA) is 55.4 Å². The summed E-state index contributed by atoms with van der Waals surface area (Å²) in [6.07, 6.45) is 12.3. The molecule has 0 saturated heterocycles. The summed E-state index contributed by atoms with van der Waals surface area (Å²) in [7, 11) is -6.09. The Morgan fingerprint density at radius 2 is 0.529 bits per heavy atom. The summed E-state index contributed by atoms with van der Waals surface area (Å²) in [6, 6.07) is 0. The van der Waals surface area contributed by atoms with Gasteiger partial charge in [0.15, 0.2) is 0 Å². The first kappa shape index (κ1) is 33.9. The zero-order chi connectivity index (χ0) is 25.4. The maximum Gasteiger partial charge on any atom is 0.529 e. The van der Waals surface area contributed by atoms with Crippen LogP contribution in [0.5, 0.6) is 0 Å². The average Bonchev–Trinajstić information content (AvgIpc) is 2.83. The molecular formula is C26H56O6Si2. The molecule has 0 amide bonds. The summed E-state index contributed by atoms with van der Waals surface area (Å²) in [5.74, 6) is 0. The van der Waals surface area contributed by atoms with Crippen LogP contribution in [0, 0.1) is 0 Å². The molecule has 204 valence electrons. The summed E-state index contributed by atoms with van der Waals surface area (Å²) in [4.78, 5) is 0. The molecule has 6 nitrogen and oxygen atoms in total. The van der Waals surface area contributed by atoms with Gasteiger partial charge in [-0.2, -0.15) is 0 Å². The zero-order valence-electron chi connectivity index (χ0n) is 23.3. The van der Waals surface area contributed by atoms with E-state index >= 15 is 0 Å². The van der Waals surface area contributed by atoms with E-state index < -0.39 is 17.6 Å². The van der Waals surface area contributed by atoms with Crippen LogP contribution in [0.1, 0.15) is 119 Å². The van der Waals surface area contributed by atoms with Crippen molar-refractivity contribution >= 4 is 17.6 Å². The lowest BCUT2D eigenvalue weighted by molar-refractivity contribution is 0.0632. The van der Waals surface area contributed by atoms with Crippen LogP contribution in [-0.4, -0.2) is 57.3 Å². The van der Waals surface area contributed by atoms with E-state index in [4.69, 9.17) is 26.6 Å². The third-order valence-electron chi connectivity index (χ3n) is 5.30. The first-order chi connectivity index (χ1) is 16.6. The highest BCUT2D eigenvalue weighted by molar-refractivity contribution is 6.72. The summed E-state index contributed by atoms with van der Waals surface area (Å²) in [6.45, 7) is 16.8. The van der Waals surface area contributed by atoms with Gasteiger partial charge in [0, 0.05) is 39.6 Å². The van der Waals surface area contributed by atoms with Crippen molar-refractivity contribution in [1.29, 1.82) is 0 Å². The average molecular weight is 521 g/mol. The minimum absolute atomic E-state index is 0.629. The van der Waals surface area contributed by atoms with E-state index in [0.717, 1.165) is 77.0 Å². The molecule has 0 aliphatic rings. The third kappa shape index (κ3) is 16.6. The van der Waals surface area contributed by atoms with Crippen LogP contribution in [-0.2, 0) is 26.6 Å². The fourth-order valence-corrected chi connectivity index (χ4v) is 8.18. The zero-order valence-corrected chi connectivity index (χ0v) is 25.3. The molecule has 0 heterocycles. The predicted octanol–water partition coefficient (Wildman–Crippen LogP) is 7.40. The number of hydrogen-bond donors (Lipinski definition) is 0. The molecule has 0 rings (SSSR count). The van der Waals surface area contributed by atoms with Crippen molar-refractivity contribution in [3.63, 3.8) is 0 Å². The molecule has 0 unspecified atom stereocenters. The van der Waals surface area contributed by atoms with Crippen LogP contribution in [0.25, 0.3) is 0 Å². The summed E-state index contributed by atoms with van der Waals surface area (Å²) >= 11 is 0. The highest BCUT2D eigenvalue weighted by atomic mass is 28.4. The van der Waals surface area contributed by atoms with Gasteiger partial charge < -0.3 is 26.6 Å². The lowest BCUT2D eigenvalue weighted by Gasteiger charge is -2.30. The fraction of sp³-hybridized carbons (Fsp3) is 0.923. The molecule has 0 aromatic carbocycles. The number of rotatable bonds is 26. The van der Waals surface area contributed by atoms with Gasteiger partial charge in [0.05, 0.1) is 0 Å². The minimum atomic E-state index is -3.05. The van der Waals surface area contributed by atoms with E-state index in [1.165, 1.54) is 0 Å². The minimum Gasteiger partial charge on any atom is -0.370 e. The number of hydrogen-bond acceptors (Lipinski definition) is 6. The van der Waals surface area contributed by atoms with Gasteiger partial charge in [0.2, 0.25) is 0 Å². The third-order valence-corrected chi connectivity index (χ3v) is 10.4. The Morgan fingerprint density at radius 1 is 0.353 bits per heavy atom. The quantitative estimate of drug-likeness (QED) is 0.0875. The largest absolute Gasteiger partial charge is 0.529 e. The van der Waals surface area contributed by atoms with Crippen molar-refractivity contribution in [3.8, 4) is 0 Å². The van der Waals surface area contributed by atoms with Crippen molar-refractivity contribution in [1.82, 2.24) is 0 Å². The molecule has 0 aromatic rings. The van der Waals surface area contributed by atoms with E-state index in [1.54, 1.807) is 0 Å². The normalized spacial score (nSPS) is 12.8. The van der Waals surface area contributed by atoms with Crippen LogP contribution < -0.4 is 0 Å². The lowest BCUT2D eigenvalue weighted by atomic mass is 10.4. The van der Waals surface area contributed by atoms with Gasteiger partial charge in [-0.25, -0.2) is 0 Å². The van der Waals surface area contributed by atoms with E-state index in [0.29, 0.717) is 39.6 Å². The highest BCUT2D eigenvalue weighted by Gasteiger charge is 2.44. The molecule has 34 heavy (non-hydrogen) atoms. The Kier molecular flexibility index (Phi) is 23.3. The first-order valence-electron chi connectivity index (χ1n) is 14.1. The Hall–Kier alpha value is -0.0662. The maximum atomic E-state index is 6.40. The van der Waals surface area contributed by atoms with Gasteiger partial charge in [-0.15, -0.1) is 0 Å². The second-order valence-electron chi connectivity index (χ2n) is 8.75. The Balaban J connectivity index is 5.97. The predicted molar refractivity (Wildman–Crippen MR) is 146 cm³/mol. The molecule has 0 radical (unpaired) electrons. The van der Waals surface area contributed by atoms with Gasteiger partial charge in [0.25, 0.3) is 0 Å². The van der Waals surface area contributed by atoms with Crippen LogP contribution in [0.15, 0.2) is 11.4 Å². The molecule has 0 aliphatic heterocycles. The molecule has 8 heteroatoms. The lowest BCUT2D eigenvalue weighted by Crippen LogP contribution is -2.49. The second-order valence-corrected chi connectivity index (χ2v) is 13.6. The molecule has 0 fully saturated rings. The van der Waals surface area contributed by atoms with Crippen molar-refractivity contribution in [2.24, 2.45) is 0 Å². The van der Waals surface area contributed by atoms with Crippen molar-refractivity contribution in [3.05, 3.63) is 11.4 Å². The second kappa shape index (κ2) is 23.3. The van der Waals surface area contributed by atoms with E-state index in [-0.39, 0.29) is 0 Å². The van der Waals surface area contributed by atoms with Gasteiger partial charge in [-0.05, 0) is 49.9 Å². The molecular weight excluding hydrogens is 464 g/mol. The fourth-order valence-electron chi connectivity index (χ4n) is 2.90. The summed E-state index contributed by atoms with van der Waals surface area (Å²) < 4.78 is 38.4. The molecule has 0 N–H and O–H groups in total. The van der Waals surface area contributed by atoms with Crippen molar-refractivity contribution in [2.45, 2.75) is 119 Å². The molecule has 0 atom stereocenters. The first-order valence-corrected chi connectivity index (χ1v) is 17.7. The van der Waals surface area contributed by atoms with Crippen LogP contribution >= 0.6 is 0 Å². The van der Waals surface area contributed by atoms with Gasteiger partial charge >= 0.3 is 17.6 Å². The Morgan fingerprint density at radius 3 is 0.676 bits per heavy atom. The SMILES string of the molecule is CCCCO[Si](C=C[Si](OCCCC)(OCCCC)OCCCC)(OCCCC)OCCCC. The maximum absolute atomic E-state index is 6.40. The van der Waals surface area contributed by atoms with E-state index in [9.17, 15) is 0 Å².